The first-order chi connectivity index (χ1) is 8.34. The Balaban J connectivity index is 1.61. The van der Waals surface area contributed by atoms with Crippen LogP contribution < -0.4 is 5.32 Å². The van der Waals surface area contributed by atoms with Gasteiger partial charge in [-0.1, -0.05) is 17.8 Å². The molecule has 5 nitrogen and oxygen atoms in total. The van der Waals surface area contributed by atoms with Gasteiger partial charge in [-0.15, -0.1) is 5.10 Å². The lowest BCUT2D eigenvalue weighted by Gasteiger charge is -2.02. The van der Waals surface area contributed by atoms with Crippen LogP contribution in [0.1, 0.15) is 11.5 Å². The fourth-order valence-corrected chi connectivity index (χ4v) is 2.06. The fourth-order valence-electron chi connectivity index (χ4n) is 1.32. The molecule has 0 aromatic carbocycles. The third kappa shape index (κ3) is 4.16. The summed E-state index contributed by atoms with van der Waals surface area (Å²) in [5.74, 6) is 1.80. The predicted octanol–water partition coefficient (Wildman–Crippen LogP) is 1.39. The van der Waals surface area contributed by atoms with E-state index >= 15 is 0 Å². The summed E-state index contributed by atoms with van der Waals surface area (Å²) < 4.78 is 0. The first-order valence-electron chi connectivity index (χ1n) is 5.47. The number of thioether (sulfide) groups is 1. The number of nitrogens with one attached hydrogen (secondary N) is 2. The molecule has 2 heterocycles. The lowest BCUT2D eigenvalue weighted by Crippen LogP contribution is -2.17. The first-order valence-corrected chi connectivity index (χ1v) is 6.45. The molecule has 2 N–H and O–H groups in total. The minimum atomic E-state index is 0.800. The number of pyridine rings is 1. The maximum absolute atomic E-state index is 4.24. The number of H-pyrrole nitrogens is 1. The number of nitrogens with zero attached hydrogens (tertiary/aromatic N) is 3. The lowest BCUT2D eigenvalue weighted by atomic mass is 10.3. The van der Waals surface area contributed by atoms with Gasteiger partial charge < -0.3 is 5.32 Å². The fraction of sp³-hybridized carbons (Fsp3) is 0.364. The molecule has 0 bridgehead atoms. The van der Waals surface area contributed by atoms with Crippen LogP contribution in [-0.4, -0.2) is 32.5 Å². The van der Waals surface area contributed by atoms with Crippen LogP contribution in [0.15, 0.2) is 29.6 Å². The van der Waals surface area contributed by atoms with E-state index in [1.807, 2.05) is 31.3 Å². The molecule has 2 rings (SSSR count). The lowest BCUT2D eigenvalue weighted by molar-refractivity contribution is 0.715. The zero-order chi connectivity index (χ0) is 11.9. The first kappa shape index (κ1) is 12.1. The second-order valence-electron chi connectivity index (χ2n) is 3.55. The molecule has 6 heteroatoms. The summed E-state index contributed by atoms with van der Waals surface area (Å²) >= 11 is 1.64. The summed E-state index contributed by atoms with van der Waals surface area (Å²) in [6.45, 7) is 3.61. The Morgan fingerprint density at radius 2 is 2.35 bits per heavy atom. The molecule has 2 aromatic rings. The Kier molecular flexibility index (Phi) is 4.52. The number of aromatic nitrogens is 4. The van der Waals surface area contributed by atoms with E-state index in [-0.39, 0.29) is 0 Å². The smallest absolute Gasteiger partial charge is 0.208 e. The number of aryl methyl sites for hydroxylation is 1. The van der Waals surface area contributed by atoms with Crippen molar-refractivity contribution in [2.75, 3.05) is 12.3 Å². The molecule has 0 aliphatic carbocycles. The predicted molar refractivity (Wildman–Crippen MR) is 67.8 cm³/mol. The average Bonchev–Trinajstić information content (AvgIpc) is 2.76. The third-order valence-corrected chi connectivity index (χ3v) is 2.97. The van der Waals surface area contributed by atoms with Crippen LogP contribution in [0.2, 0.25) is 0 Å². The summed E-state index contributed by atoms with van der Waals surface area (Å²) in [5.41, 5.74) is 1.06. The molecule has 0 unspecified atom stereocenters. The number of aromatic amines is 1. The Hall–Kier alpha value is -1.40. The van der Waals surface area contributed by atoms with Crippen molar-refractivity contribution in [1.29, 1.82) is 0 Å². The van der Waals surface area contributed by atoms with E-state index in [2.05, 4.69) is 25.5 Å². The van der Waals surface area contributed by atoms with Crippen molar-refractivity contribution in [2.45, 2.75) is 18.6 Å². The van der Waals surface area contributed by atoms with Crippen molar-refractivity contribution in [3.05, 3.63) is 35.9 Å². The monoisotopic (exact) mass is 249 g/mol. The molecule has 90 valence electrons. The SMILES string of the molecule is Cc1nc(SCCNCc2ccccn2)n[nH]1. The van der Waals surface area contributed by atoms with Gasteiger partial charge in [0, 0.05) is 25.0 Å². The minimum absolute atomic E-state index is 0.800. The summed E-state index contributed by atoms with van der Waals surface area (Å²) in [6.07, 6.45) is 1.81. The molecule has 2 aromatic heterocycles. The molecule has 0 atom stereocenters. The van der Waals surface area contributed by atoms with Crippen LogP contribution in [0.5, 0.6) is 0 Å². The Morgan fingerprint density at radius 3 is 3.06 bits per heavy atom. The van der Waals surface area contributed by atoms with Gasteiger partial charge >= 0.3 is 0 Å². The quantitative estimate of drug-likeness (QED) is 0.598. The summed E-state index contributed by atoms with van der Waals surface area (Å²) in [5, 5.41) is 11.0. The Labute approximate surface area is 104 Å². The standard InChI is InChI=1S/C11H15N5S/c1-9-14-11(16-15-9)17-7-6-12-8-10-4-2-3-5-13-10/h2-5,12H,6-8H2,1H3,(H,14,15,16). The summed E-state index contributed by atoms with van der Waals surface area (Å²) in [7, 11) is 0. The Bertz CT molecular complexity index is 442. The second-order valence-corrected chi connectivity index (χ2v) is 4.61. The van der Waals surface area contributed by atoms with E-state index < -0.39 is 0 Å². The van der Waals surface area contributed by atoms with E-state index in [1.54, 1.807) is 11.8 Å². The van der Waals surface area contributed by atoms with Gasteiger partial charge in [-0.25, -0.2) is 4.98 Å². The Morgan fingerprint density at radius 1 is 1.41 bits per heavy atom. The van der Waals surface area contributed by atoms with Gasteiger partial charge in [-0.2, -0.15) is 0 Å². The molecule has 0 fully saturated rings. The molecular formula is C11H15N5S. The van der Waals surface area contributed by atoms with Crippen molar-refractivity contribution in [1.82, 2.24) is 25.5 Å². The molecule has 0 saturated heterocycles. The topological polar surface area (TPSA) is 66.5 Å². The average molecular weight is 249 g/mol. The molecule has 0 amide bonds. The van der Waals surface area contributed by atoms with Gasteiger partial charge in [0.1, 0.15) is 5.82 Å². The number of hydrogen-bond acceptors (Lipinski definition) is 5. The van der Waals surface area contributed by atoms with Crippen molar-refractivity contribution in [3.8, 4) is 0 Å². The maximum Gasteiger partial charge on any atom is 0.208 e. The third-order valence-electron chi connectivity index (χ3n) is 2.12. The number of hydrogen-bond donors (Lipinski definition) is 2. The molecule has 0 aliphatic heterocycles. The van der Waals surface area contributed by atoms with E-state index in [0.717, 1.165) is 35.5 Å². The molecular weight excluding hydrogens is 234 g/mol. The van der Waals surface area contributed by atoms with Gasteiger partial charge in [0.25, 0.3) is 0 Å². The highest BCUT2D eigenvalue weighted by atomic mass is 32.2. The van der Waals surface area contributed by atoms with Gasteiger partial charge in [-0.05, 0) is 19.1 Å². The van der Waals surface area contributed by atoms with Crippen molar-refractivity contribution in [3.63, 3.8) is 0 Å². The molecule has 0 radical (unpaired) electrons. The highest BCUT2D eigenvalue weighted by Crippen LogP contribution is 2.10. The van der Waals surface area contributed by atoms with Gasteiger partial charge in [0.05, 0.1) is 5.69 Å². The van der Waals surface area contributed by atoms with Crippen LogP contribution in [0.3, 0.4) is 0 Å². The van der Waals surface area contributed by atoms with Gasteiger partial charge in [0.15, 0.2) is 0 Å². The zero-order valence-electron chi connectivity index (χ0n) is 9.68. The van der Waals surface area contributed by atoms with Crippen LogP contribution in [0, 0.1) is 6.92 Å². The van der Waals surface area contributed by atoms with E-state index in [1.165, 1.54) is 0 Å². The highest BCUT2D eigenvalue weighted by Gasteiger charge is 1.99. The van der Waals surface area contributed by atoms with Crippen LogP contribution >= 0.6 is 11.8 Å². The largest absolute Gasteiger partial charge is 0.310 e. The van der Waals surface area contributed by atoms with E-state index in [4.69, 9.17) is 0 Å². The van der Waals surface area contributed by atoms with Crippen LogP contribution in [0.4, 0.5) is 0 Å². The summed E-state index contributed by atoms with van der Waals surface area (Å²) in [6, 6.07) is 5.93. The normalized spacial score (nSPS) is 10.6. The van der Waals surface area contributed by atoms with Crippen LogP contribution in [0.25, 0.3) is 0 Å². The molecule has 0 saturated carbocycles. The maximum atomic E-state index is 4.24. The second kappa shape index (κ2) is 6.36. The van der Waals surface area contributed by atoms with Gasteiger partial charge in [0.2, 0.25) is 5.16 Å². The van der Waals surface area contributed by atoms with Crippen molar-refractivity contribution in [2.24, 2.45) is 0 Å². The van der Waals surface area contributed by atoms with E-state index in [0.29, 0.717) is 0 Å². The molecule has 0 spiro atoms. The molecule has 17 heavy (non-hydrogen) atoms. The highest BCUT2D eigenvalue weighted by molar-refractivity contribution is 7.99. The zero-order valence-corrected chi connectivity index (χ0v) is 10.5. The van der Waals surface area contributed by atoms with E-state index in [9.17, 15) is 0 Å². The molecule has 0 aliphatic rings. The van der Waals surface area contributed by atoms with Crippen LogP contribution in [-0.2, 0) is 6.54 Å². The summed E-state index contributed by atoms with van der Waals surface area (Å²) in [4.78, 5) is 8.46. The van der Waals surface area contributed by atoms with Crippen molar-refractivity contribution < 1.29 is 0 Å². The van der Waals surface area contributed by atoms with Gasteiger partial charge in [-0.3, -0.25) is 10.1 Å². The minimum Gasteiger partial charge on any atom is -0.310 e. The number of rotatable bonds is 6. The van der Waals surface area contributed by atoms with Crippen molar-refractivity contribution >= 4 is 11.8 Å².